The van der Waals surface area contributed by atoms with Crippen molar-refractivity contribution in [1.82, 2.24) is 0 Å². The van der Waals surface area contributed by atoms with Gasteiger partial charge < -0.3 is 21.3 Å². The van der Waals surface area contributed by atoms with Crippen LogP contribution in [-0.4, -0.2) is 30.7 Å². The number of anilines is 1. The van der Waals surface area contributed by atoms with Crippen molar-refractivity contribution in [3.63, 3.8) is 0 Å². The van der Waals surface area contributed by atoms with Crippen LogP contribution in [-0.2, 0) is 9.53 Å². The van der Waals surface area contributed by atoms with E-state index >= 15 is 0 Å². The number of carbonyl (C=O) groups excluding carboxylic acids is 1. The summed E-state index contributed by atoms with van der Waals surface area (Å²) in [6.07, 6.45) is 0. The number of esters is 1. The highest BCUT2D eigenvalue weighted by Gasteiger charge is 2.25. The Bertz CT molecular complexity index is 445. The van der Waals surface area contributed by atoms with E-state index < -0.39 is 17.9 Å². The lowest BCUT2D eigenvalue weighted by Gasteiger charge is -2.15. The maximum Gasteiger partial charge on any atom is 0.340 e. The largest absolute Gasteiger partial charge is 0.481 e. The molecule has 0 aliphatic rings. The average molecular weight is 238 g/mol. The van der Waals surface area contributed by atoms with Gasteiger partial charge in [-0.05, 0) is 11.6 Å². The molecule has 6 heteroatoms. The molecule has 1 atom stereocenters. The molecule has 0 aliphatic carbocycles. The summed E-state index contributed by atoms with van der Waals surface area (Å²) in [7, 11) is 1.21. The summed E-state index contributed by atoms with van der Waals surface area (Å²) >= 11 is 0. The van der Waals surface area contributed by atoms with Gasteiger partial charge in [-0.1, -0.05) is 12.1 Å². The minimum atomic E-state index is -1.11. The second-order valence-electron chi connectivity index (χ2n) is 3.43. The number of aliphatic carboxylic acids is 1. The monoisotopic (exact) mass is 238 g/mol. The van der Waals surface area contributed by atoms with Crippen molar-refractivity contribution >= 4 is 17.6 Å². The molecule has 0 spiro atoms. The van der Waals surface area contributed by atoms with Crippen molar-refractivity contribution in [1.29, 1.82) is 0 Å². The number of hydrogen-bond donors (Lipinski definition) is 3. The summed E-state index contributed by atoms with van der Waals surface area (Å²) < 4.78 is 4.58. The maximum atomic E-state index is 11.6. The maximum absolute atomic E-state index is 11.6. The van der Waals surface area contributed by atoms with Gasteiger partial charge in [0.1, 0.15) is 0 Å². The third-order valence-electron chi connectivity index (χ3n) is 2.43. The number of benzene rings is 1. The molecule has 0 heterocycles. The summed E-state index contributed by atoms with van der Waals surface area (Å²) in [6, 6.07) is 4.59. The highest BCUT2D eigenvalue weighted by molar-refractivity contribution is 5.98. The van der Waals surface area contributed by atoms with Crippen LogP contribution in [0, 0.1) is 0 Å². The van der Waals surface area contributed by atoms with Gasteiger partial charge in [0.05, 0.1) is 18.6 Å². The molecule has 0 bridgehead atoms. The van der Waals surface area contributed by atoms with Crippen LogP contribution in [0.2, 0.25) is 0 Å². The van der Waals surface area contributed by atoms with Crippen LogP contribution in [0.5, 0.6) is 0 Å². The van der Waals surface area contributed by atoms with Gasteiger partial charge in [0, 0.05) is 12.2 Å². The first-order valence-electron chi connectivity index (χ1n) is 4.92. The molecular weight excluding hydrogens is 224 g/mol. The number of carbonyl (C=O) groups is 2. The van der Waals surface area contributed by atoms with Crippen LogP contribution in [0.3, 0.4) is 0 Å². The molecule has 5 N–H and O–H groups in total. The molecule has 92 valence electrons. The number of ether oxygens (including phenoxy) is 1. The minimum Gasteiger partial charge on any atom is -0.481 e. The van der Waals surface area contributed by atoms with Crippen LogP contribution in [0.25, 0.3) is 0 Å². The third kappa shape index (κ3) is 2.54. The summed E-state index contributed by atoms with van der Waals surface area (Å²) in [5.74, 6) is -2.76. The summed E-state index contributed by atoms with van der Waals surface area (Å²) in [5.41, 5.74) is 11.6. The molecule has 0 amide bonds. The molecule has 6 nitrogen and oxygen atoms in total. The first-order chi connectivity index (χ1) is 8.02. The molecule has 1 rings (SSSR count). The number of hydrogen-bond acceptors (Lipinski definition) is 5. The van der Waals surface area contributed by atoms with Crippen molar-refractivity contribution in [2.75, 3.05) is 19.4 Å². The van der Waals surface area contributed by atoms with Crippen molar-refractivity contribution in [2.45, 2.75) is 5.92 Å². The Morgan fingerprint density at radius 3 is 2.59 bits per heavy atom. The Morgan fingerprint density at radius 1 is 1.47 bits per heavy atom. The topological polar surface area (TPSA) is 116 Å². The minimum absolute atomic E-state index is 0.0628. The van der Waals surface area contributed by atoms with E-state index in [0.29, 0.717) is 0 Å². The average Bonchev–Trinajstić information content (AvgIpc) is 2.29. The van der Waals surface area contributed by atoms with Gasteiger partial charge in [-0.15, -0.1) is 0 Å². The number of nitrogens with two attached hydrogens (primary N) is 2. The second-order valence-corrected chi connectivity index (χ2v) is 3.43. The Morgan fingerprint density at radius 2 is 2.12 bits per heavy atom. The number of carboxylic acid groups (broad SMARTS) is 1. The standard InChI is InChI=1S/C11H14N2O4/c1-17-11(16)9-6(3-2-4-8(9)13)7(5-12)10(14)15/h2-4,7H,5,12-13H2,1H3,(H,14,15). The van der Waals surface area contributed by atoms with Gasteiger partial charge in [0.2, 0.25) is 0 Å². The molecule has 0 aliphatic heterocycles. The van der Waals surface area contributed by atoms with E-state index in [-0.39, 0.29) is 23.4 Å². The molecule has 1 aromatic carbocycles. The number of carboxylic acids is 1. The third-order valence-corrected chi connectivity index (χ3v) is 2.43. The first kappa shape index (κ1) is 13.0. The zero-order chi connectivity index (χ0) is 13.0. The summed E-state index contributed by atoms with van der Waals surface area (Å²) in [6.45, 7) is -0.122. The zero-order valence-electron chi connectivity index (χ0n) is 9.34. The van der Waals surface area contributed by atoms with Crippen molar-refractivity contribution in [3.05, 3.63) is 29.3 Å². The lowest BCUT2D eigenvalue weighted by atomic mass is 9.93. The van der Waals surface area contributed by atoms with Crippen molar-refractivity contribution in [2.24, 2.45) is 5.73 Å². The first-order valence-corrected chi connectivity index (χ1v) is 4.92. The van der Waals surface area contributed by atoms with E-state index in [1.54, 1.807) is 6.07 Å². The molecule has 0 saturated carbocycles. The quantitative estimate of drug-likeness (QED) is 0.509. The number of rotatable bonds is 4. The normalized spacial score (nSPS) is 11.9. The van der Waals surface area contributed by atoms with Crippen LogP contribution >= 0.6 is 0 Å². The number of nitrogen functional groups attached to an aromatic ring is 1. The lowest BCUT2D eigenvalue weighted by Crippen LogP contribution is -2.24. The molecule has 1 unspecified atom stereocenters. The van der Waals surface area contributed by atoms with E-state index in [2.05, 4.69) is 4.74 Å². The van der Waals surface area contributed by atoms with E-state index in [1.165, 1.54) is 19.2 Å². The molecule has 0 fully saturated rings. The molecule has 0 saturated heterocycles. The van der Waals surface area contributed by atoms with Crippen LogP contribution < -0.4 is 11.5 Å². The highest BCUT2D eigenvalue weighted by Crippen LogP contribution is 2.25. The smallest absolute Gasteiger partial charge is 0.340 e. The van der Waals surface area contributed by atoms with E-state index in [9.17, 15) is 9.59 Å². The van der Waals surface area contributed by atoms with Gasteiger partial charge in [-0.2, -0.15) is 0 Å². The Kier molecular flexibility index (Phi) is 4.06. The molecular formula is C11H14N2O4. The zero-order valence-corrected chi connectivity index (χ0v) is 9.34. The fourth-order valence-corrected chi connectivity index (χ4v) is 1.58. The second kappa shape index (κ2) is 5.31. The summed E-state index contributed by atoms with van der Waals surface area (Å²) in [4.78, 5) is 22.6. The van der Waals surface area contributed by atoms with E-state index in [0.717, 1.165) is 0 Å². The van der Waals surface area contributed by atoms with Crippen molar-refractivity contribution in [3.8, 4) is 0 Å². The fraction of sp³-hybridized carbons (Fsp3) is 0.273. The van der Waals surface area contributed by atoms with Gasteiger partial charge >= 0.3 is 11.9 Å². The molecule has 1 aromatic rings. The molecule has 0 radical (unpaired) electrons. The van der Waals surface area contributed by atoms with Gasteiger partial charge in [-0.25, -0.2) is 4.79 Å². The van der Waals surface area contributed by atoms with Crippen LogP contribution in [0.4, 0.5) is 5.69 Å². The van der Waals surface area contributed by atoms with Crippen molar-refractivity contribution < 1.29 is 19.4 Å². The SMILES string of the molecule is COC(=O)c1c(N)cccc1C(CN)C(=O)O. The van der Waals surface area contributed by atoms with Gasteiger partial charge in [-0.3, -0.25) is 4.79 Å². The Balaban J connectivity index is 3.37. The predicted molar refractivity (Wildman–Crippen MR) is 61.6 cm³/mol. The number of methoxy groups -OCH3 is 1. The fourth-order valence-electron chi connectivity index (χ4n) is 1.58. The predicted octanol–water partition coefficient (Wildman–Crippen LogP) is 0.182. The highest BCUT2D eigenvalue weighted by atomic mass is 16.5. The Labute approximate surface area is 98.2 Å². The van der Waals surface area contributed by atoms with E-state index in [1.807, 2.05) is 0 Å². The van der Waals surface area contributed by atoms with Crippen LogP contribution in [0.1, 0.15) is 21.8 Å². The molecule has 17 heavy (non-hydrogen) atoms. The summed E-state index contributed by atoms with van der Waals surface area (Å²) in [5, 5.41) is 9.02. The molecule has 0 aromatic heterocycles. The lowest BCUT2D eigenvalue weighted by molar-refractivity contribution is -0.138. The van der Waals surface area contributed by atoms with Gasteiger partial charge in [0.25, 0.3) is 0 Å². The Hall–Kier alpha value is -2.08. The van der Waals surface area contributed by atoms with Crippen LogP contribution in [0.15, 0.2) is 18.2 Å². The van der Waals surface area contributed by atoms with Gasteiger partial charge in [0.15, 0.2) is 0 Å². The van der Waals surface area contributed by atoms with E-state index in [4.69, 9.17) is 16.6 Å².